The van der Waals surface area contributed by atoms with Crippen molar-refractivity contribution >= 4 is 5.97 Å². The van der Waals surface area contributed by atoms with Gasteiger partial charge in [-0.15, -0.1) is 0 Å². The van der Waals surface area contributed by atoms with Crippen LogP contribution in [-0.2, 0) is 13.0 Å². The van der Waals surface area contributed by atoms with Crippen molar-refractivity contribution in [3.05, 3.63) is 23.5 Å². The van der Waals surface area contributed by atoms with Crippen molar-refractivity contribution in [2.75, 3.05) is 20.1 Å². The zero-order valence-electron chi connectivity index (χ0n) is 8.23. The Hall–Kier alpha value is -1.29. The van der Waals surface area contributed by atoms with Gasteiger partial charge in [-0.05, 0) is 13.1 Å². The number of hydrogen-bond acceptors (Lipinski definition) is 2. The van der Waals surface area contributed by atoms with E-state index in [1.807, 2.05) is 4.57 Å². The second-order valence-corrected chi connectivity index (χ2v) is 3.77. The summed E-state index contributed by atoms with van der Waals surface area (Å²) in [6.07, 6.45) is 2.67. The van der Waals surface area contributed by atoms with Crippen molar-refractivity contribution in [3.8, 4) is 0 Å². The van der Waals surface area contributed by atoms with E-state index in [9.17, 15) is 4.79 Å². The first-order valence-electron chi connectivity index (χ1n) is 4.78. The third-order valence-corrected chi connectivity index (χ3v) is 2.71. The average molecular weight is 194 g/mol. The lowest BCUT2D eigenvalue weighted by molar-refractivity contribution is 0.0697. The first-order chi connectivity index (χ1) is 6.66. The van der Waals surface area contributed by atoms with E-state index in [4.69, 9.17) is 5.11 Å². The minimum Gasteiger partial charge on any atom is -0.478 e. The van der Waals surface area contributed by atoms with Crippen molar-refractivity contribution in [1.29, 1.82) is 0 Å². The summed E-state index contributed by atoms with van der Waals surface area (Å²) in [7, 11) is 2.09. The predicted octanol–water partition coefficient (Wildman–Crippen LogP) is 0.674. The molecule has 2 rings (SSSR count). The maximum atomic E-state index is 10.7. The molecule has 0 radical (unpaired) electrons. The van der Waals surface area contributed by atoms with E-state index in [1.54, 1.807) is 12.3 Å². The third-order valence-electron chi connectivity index (χ3n) is 2.71. The second-order valence-electron chi connectivity index (χ2n) is 3.77. The van der Waals surface area contributed by atoms with E-state index in [2.05, 4.69) is 11.9 Å². The van der Waals surface area contributed by atoms with Crippen LogP contribution in [0.3, 0.4) is 0 Å². The molecule has 1 aromatic heterocycles. The van der Waals surface area contributed by atoms with E-state index >= 15 is 0 Å². The van der Waals surface area contributed by atoms with Crippen LogP contribution in [0, 0.1) is 0 Å². The largest absolute Gasteiger partial charge is 0.478 e. The van der Waals surface area contributed by atoms with Gasteiger partial charge in [0.25, 0.3) is 0 Å². The van der Waals surface area contributed by atoms with Gasteiger partial charge in [-0.1, -0.05) is 0 Å². The molecule has 0 unspecified atom stereocenters. The molecular formula is C10H14N2O2. The normalized spacial score (nSPS) is 17.5. The Morgan fingerprint density at radius 3 is 2.93 bits per heavy atom. The fraction of sp³-hybridized carbons (Fsp3) is 0.500. The van der Waals surface area contributed by atoms with Crippen LogP contribution < -0.4 is 0 Å². The Bertz CT molecular complexity index is 332. The summed E-state index contributed by atoms with van der Waals surface area (Å²) in [4.78, 5) is 13.0. The van der Waals surface area contributed by atoms with E-state index in [1.165, 1.54) is 0 Å². The molecule has 0 aromatic carbocycles. The van der Waals surface area contributed by atoms with Gasteiger partial charge in [-0.3, -0.25) is 0 Å². The standard InChI is InChI=1S/C10H14N2O2/c1-11-3-2-9-6-8(10(13)14)7-12(9)5-4-11/h6-7H,2-5H2,1H3,(H,13,14). The molecular weight excluding hydrogens is 180 g/mol. The van der Waals surface area contributed by atoms with Gasteiger partial charge in [0, 0.05) is 37.9 Å². The number of aromatic nitrogens is 1. The van der Waals surface area contributed by atoms with Crippen LogP contribution in [0.1, 0.15) is 16.1 Å². The Kier molecular flexibility index (Phi) is 2.29. The zero-order valence-corrected chi connectivity index (χ0v) is 8.23. The van der Waals surface area contributed by atoms with Crippen LogP contribution in [0.15, 0.2) is 12.3 Å². The number of nitrogens with zero attached hydrogens (tertiary/aromatic N) is 2. The molecule has 76 valence electrons. The molecule has 0 amide bonds. The lowest BCUT2D eigenvalue weighted by atomic mass is 10.2. The maximum absolute atomic E-state index is 10.7. The number of rotatable bonds is 1. The molecule has 0 bridgehead atoms. The molecule has 14 heavy (non-hydrogen) atoms. The van der Waals surface area contributed by atoms with Gasteiger partial charge in [0.2, 0.25) is 0 Å². The lowest BCUT2D eigenvalue weighted by Gasteiger charge is -2.11. The van der Waals surface area contributed by atoms with Crippen LogP contribution in [0.25, 0.3) is 0 Å². The number of carboxylic acid groups (broad SMARTS) is 1. The fourth-order valence-electron chi connectivity index (χ4n) is 1.79. The fourth-order valence-corrected chi connectivity index (χ4v) is 1.79. The van der Waals surface area contributed by atoms with Crippen LogP contribution in [0.5, 0.6) is 0 Å². The van der Waals surface area contributed by atoms with Gasteiger partial charge < -0.3 is 14.6 Å². The van der Waals surface area contributed by atoms with E-state index in [-0.39, 0.29) is 0 Å². The number of aromatic carboxylic acids is 1. The van der Waals surface area contributed by atoms with Crippen molar-refractivity contribution in [2.45, 2.75) is 13.0 Å². The van der Waals surface area contributed by atoms with Gasteiger partial charge in [-0.25, -0.2) is 4.79 Å². The Labute approximate surface area is 82.7 Å². The summed E-state index contributed by atoms with van der Waals surface area (Å²) in [6.45, 7) is 2.88. The third kappa shape index (κ3) is 1.65. The first kappa shape index (κ1) is 9.27. The number of fused-ring (bicyclic) bond motifs is 1. The van der Waals surface area contributed by atoms with Gasteiger partial charge in [0.15, 0.2) is 0 Å². The number of likely N-dealkylation sites (N-methyl/N-ethyl adjacent to an activating group) is 1. The average Bonchev–Trinajstić information content (AvgIpc) is 2.48. The number of carbonyl (C=O) groups is 1. The zero-order chi connectivity index (χ0) is 10.1. The summed E-state index contributed by atoms with van der Waals surface area (Å²) in [5, 5.41) is 8.83. The van der Waals surface area contributed by atoms with Gasteiger partial charge in [0.05, 0.1) is 5.56 Å². The van der Waals surface area contributed by atoms with E-state index in [0.29, 0.717) is 5.56 Å². The maximum Gasteiger partial charge on any atom is 0.337 e. The van der Waals surface area contributed by atoms with Crippen molar-refractivity contribution in [1.82, 2.24) is 9.47 Å². The molecule has 4 heteroatoms. The van der Waals surface area contributed by atoms with Crippen LogP contribution >= 0.6 is 0 Å². The quantitative estimate of drug-likeness (QED) is 0.715. The van der Waals surface area contributed by atoms with E-state index in [0.717, 1.165) is 31.7 Å². The van der Waals surface area contributed by atoms with Gasteiger partial charge >= 0.3 is 5.97 Å². The minimum absolute atomic E-state index is 0.407. The molecule has 1 aromatic rings. The van der Waals surface area contributed by atoms with Crippen LogP contribution in [0.2, 0.25) is 0 Å². The predicted molar refractivity (Wildman–Crippen MR) is 52.6 cm³/mol. The minimum atomic E-state index is -0.834. The van der Waals surface area contributed by atoms with Crippen molar-refractivity contribution < 1.29 is 9.90 Å². The monoisotopic (exact) mass is 194 g/mol. The van der Waals surface area contributed by atoms with E-state index < -0.39 is 5.97 Å². The Morgan fingerprint density at radius 2 is 2.21 bits per heavy atom. The highest BCUT2D eigenvalue weighted by molar-refractivity contribution is 5.87. The van der Waals surface area contributed by atoms with Crippen LogP contribution in [-0.4, -0.2) is 40.7 Å². The summed E-state index contributed by atoms with van der Waals surface area (Å²) < 4.78 is 2.05. The summed E-state index contributed by atoms with van der Waals surface area (Å²) in [5.41, 5.74) is 1.54. The molecule has 0 saturated heterocycles. The molecule has 1 aliphatic heterocycles. The Morgan fingerprint density at radius 1 is 1.43 bits per heavy atom. The SMILES string of the molecule is CN1CCc2cc(C(=O)O)cn2CC1. The van der Waals surface area contributed by atoms with Crippen LogP contribution in [0.4, 0.5) is 0 Å². The topological polar surface area (TPSA) is 45.5 Å². The molecule has 2 heterocycles. The molecule has 0 fully saturated rings. The molecule has 4 nitrogen and oxygen atoms in total. The molecule has 1 aliphatic rings. The number of hydrogen-bond donors (Lipinski definition) is 1. The van der Waals surface area contributed by atoms with Gasteiger partial charge in [-0.2, -0.15) is 0 Å². The highest BCUT2D eigenvalue weighted by Crippen LogP contribution is 2.13. The first-order valence-corrected chi connectivity index (χ1v) is 4.78. The molecule has 0 atom stereocenters. The number of carboxylic acids is 1. The summed E-state index contributed by atoms with van der Waals surface area (Å²) in [6, 6.07) is 1.78. The highest BCUT2D eigenvalue weighted by Gasteiger charge is 2.14. The lowest BCUT2D eigenvalue weighted by Crippen LogP contribution is -2.21. The highest BCUT2D eigenvalue weighted by atomic mass is 16.4. The van der Waals surface area contributed by atoms with Crippen molar-refractivity contribution in [3.63, 3.8) is 0 Å². The second kappa shape index (κ2) is 3.46. The summed E-state index contributed by atoms with van der Waals surface area (Å²) in [5.74, 6) is -0.834. The Balaban J connectivity index is 2.26. The van der Waals surface area contributed by atoms with Gasteiger partial charge in [0.1, 0.15) is 0 Å². The van der Waals surface area contributed by atoms with Crippen molar-refractivity contribution in [2.24, 2.45) is 0 Å². The molecule has 0 aliphatic carbocycles. The molecule has 1 N–H and O–H groups in total. The smallest absolute Gasteiger partial charge is 0.337 e. The molecule has 0 spiro atoms. The summed E-state index contributed by atoms with van der Waals surface area (Å²) >= 11 is 0. The molecule has 0 saturated carbocycles.